The van der Waals surface area contributed by atoms with Crippen LogP contribution in [0.1, 0.15) is 32.1 Å². The average molecular weight is 443 g/mol. The third-order valence-corrected chi connectivity index (χ3v) is 5.54. The van der Waals surface area contributed by atoms with Crippen LogP contribution in [0, 0.1) is 6.92 Å². The number of aromatic nitrogens is 1. The molecule has 7 nitrogen and oxygen atoms in total. The van der Waals surface area contributed by atoms with Crippen molar-refractivity contribution >= 4 is 40.7 Å². The third-order valence-electron chi connectivity index (χ3n) is 4.08. The van der Waals surface area contributed by atoms with Crippen molar-refractivity contribution < 1.29 is 14.4 Å². The van der Waals surface area contributed by atoms with Crippen molar-refractivity contribution in [3.05, 3.63) is 75.8 Å². The van der Waals surface area contributed by atoms with Crippen molar-refractivity contribution in [1.82, 2.24) is 21.2 Å². The molecule has 3 rings (SSSR count). The van der Waals surface area contributed by atoms with Gasteiger partial charge in [0.15, 0.2) is 0 Å². The van der Waals surface area contributed by atoms with E-state index >= 15 is 0 Å². The Kier molecular flexibility index (Phi) is 7.16. The van der Waals surface area contributed by atoms with E-state index in [1.165, 1.54) is 11.3 Å². The first-order valence-corrected chi connectivity index (χ1v) is 10.3. The fraction of sp³-hybridized carbons (Fsp3) is 0.143. The SMILES string of the molecule is Cc1nc(-c2ccccc2)sc1C(=O)NNC(=O)CCNC(=O)c1ccc(Cl)cc1. The Hall–Kier alpha value is -3.23. The zero-order chi connectivity index (χ0) is 21.5. The molecule has 0 atom stereocenters. The molecule has 1 aromatic heterocycles. The maximum Gasteiger partial charge on any atom is 0.281 e. The lowest BCUT2D eigenvalue weighted by Gasteiger charge is -2.08. The maximum absolute atomic E-state index is 12.4. The highest BCUT2D eigenvalue weighted by Crippen LogP contribution is 2.27. The molecule has 3 amide bonds. The van der Waals surface area contributed by atoms with Gasteiger partial charge in [-0.1, -0.05) is 41.9 Å². The maximum atomic E-state index is 12.4. The van der Waals surface area contributed by atoms with E-state index < -0.39 is 11.8 Å². The lowest BCUT2D eigenvalue weighted by Crippen LogP contribution is -2.42. The summed E-state index contributed by atoms with van der Waals surface area (Å²) in [6.07, 6.45) is 0.0105. The molecule has 9 heteroatoms. The molecular weight excluding hydrogens is 424 g/mol. The van der Waals surface area contributed by atoms with Crippen molar-refractivity contribution in [3.63, 3.8) is 0 Å². The van der Waals surface area contributed by atoms with E-state index in [1.807, 2.05) is 30.3 Å². The quantitative estimate of drug-likeness (QED) is 0.509. The Balaban J connectivity index is 1.45. The van der Waals surface area contributed by atoms with Gasteiger partial charge in [0.25, 0.3) is 11.8 Å². The van der Waals surface area contributed by atoms with Crippen LogP contribution in [0.2, 0.25) is 5.02 Å². The predicted octanol–water partition coefficient (Wildman–Crippen LogP) is 3.35. The molecule has 2 aromatic carbocycles. The van der Waals surface area contributed by atoms with E-state index in [0.29, 0.717) is 21.2 Å². The average Bonchev–Trinajstić information content (AvgIpc) is 3.15. The molecule has 0 fully saturated rings. The van der Waals surface area contributed by atoms with E-state index in [-0.39, 0.29) is 18.9 Å². The molecule has 0 aliphatic rings. The first kappa shape index (κ1) is 21.5. The smallest absolute Gasteiger partial charge is 0.281 e. The second-order valence-electron chi connectivity index (χ2n) is 6.31. The van der Waals surface area contributed by atoms with Crippen molar-refractivity contribution in [2.45, 2.75) is 13.3 Å². The summed E-state index contributed by atoms with van der Waals surface area (Å²) in [4.78, 5) is 41.1. The third kappa shape index (κ3) is 5.65. The number of amides is 3. The van der Waals surface area contributed by atoms with Gasteiger partial charge in [-0.15, -0.1) is 11.3 Å². The minimum Gasteiger partial charge on any atom is -0.352 e. The lowest BCUT2D eigenvalue weighted by molar-refractivity contribution is -0.121. The van der Waals surface area contributed by atoms with Crippen LogP contribution in [-0.2, 0) is 4.79 Å². The Bertz CT molecular complexity index is 1050. The number of carbonyl (C=O) groups is 3. The van der Waals surface area contributed by atoms with Gasteiger partial charge in [0.2, 0.25) is 5.91 Å². The zero-order valence-electron chi connectivity index (χ0n) is 16.1. The van der Waals surface area contributed by atoms with Crippen LogP contribution in [0.15, 0.2) is 54.6 Å². The highest BCUT2D eigenvalue weighted by Gasteiger charge is 2.16. The van der Waals surface area contributed by atoms with E-state index in [1.54, 1.807) is 31.2 Å². The summed E-state index contributed by atoms with van der Waals surface area (Å²) in [5.41, 5.74) is 6.69. The number of thiazole rings is 1. The first-order chi connectivity index (χ1) is 14.4. The van der Waals surface area contributed by atoms with Gasteiger partial charge in [0, 0.05) is 29.1 Å². The molecule has 0 aliphatic carbocycles. The molecule has 0 radical (unpaired) electrons. The number of nitrogens with one attached hydrogen (secondary N) is 3. The van der Waals surface area contributed by atoms with E-state index in [4.69, 9.17) is 11.6 Å². The van der Waals surface area contributed by atoms with Crippen LogP contribution < -0.4 is 16.2 Å². The summed E-state index contributed by atoms with van der Waals surface area (Å²) < 4.78 is 0. The van der Waals surface area contributed by atoms with E-state index in [9.17, 15) is 14.4 Å². The van der Waals surface area contributed by atoms with Crippen molar-refractivity contribution in [2.24, 2.45) is 0 Å². The molecule has 0 saturated heterocycles. The summed E-state index contributed by atoms with van der Waals surface area (Å²) >= 11 is 7.04. The fourth-order valence-corrected chi connectivity index (χ4v) is 3.64. The van der Waals surface area contributed by atoms with Crippen LogP contribution in [0.3, 0.4) is 0 Å². The summed E-state index contributed by atoms with van der Waals surface area (Å²) in [6.45, 7) is 1.87. The second kappa shape index (κ2) is 10.00. The Morgan fingerprint density at radius 3 is 2.37 bits per heavy atom. The van der Waals surface area contributed by atoms with Gasteiger partial charge in [0.1, 0.15) is 9.88 Å². The summed E-state index contributed by atoms with van der Waals surface area (Å²) in [6, 6.07) is 16.0. The largest absolute Gasteiger partial charge is 0.352 e. The van der Waals surface area contributed by atoms with Crippen LogP contribution in [0.5, 0.6) is 0 Å². The number of rotatable bonds is 6. The van der Waals surface area contributed by atoms with Gasteiger partial charge in [-0.3, -0.25) is 25.2 Å². The van der Waals surface area contributed by atoms with Gasteiger partial charge >= 0.3 is 0 Å². The topological polar surface area (TPSA) is 100 Å². The second-order valence-corrected chi connectivity index (χ2v) is 7.75. The molecule has 3 aromatic rings. The minimum absolute atomic E-state index is 0.0105. The summed E-state index contributed by atoms with van der Waals surface area (Å²) in [5, 5.41) is 3.90. The van der Waals surface area contributed by atoms with Crippen molar-refractivity contribution in [3.8, 4) is 10.6 Å². The molecular formula is C21H19ClN4O3S. The molecule has 3 N–H and O–H groups in total. The zero-order valence-corrected chi connectivity index (χ0v) is 17.6. The van der Waals surface area contributed by atoms with Crippen molar-refractivity contribution in [2.75, 3.05) is 6.54 Å². The van der Waals surface area contributed by atoms with Gasteiger partial charge < -0.3 is 5.32 Å². The molecule has 0 spiro atoms. The lowest BCUT2D eigenvalue weighted by atomic mass is 10.2. The number of carbonyl (C=O) groups excluding carboxylic acids is 3. The normalized spacial score (nSPS) is 10.3. The number of hydrogen-bond acceptors (Lipinski definition) is 5. The molecule has 1 heterocycles. The van der Waals surface area contributed by atoms with Gasteiger partial charge in [-0.2, -0.15) is 0 Å². The van der Waals surface area contributed by atoms with Crippen LogP contribution in [0.4, 0.5) is 0 Å². The Morgan fingerprint density at radius 1 is 0.967 bits per heavy atom. The highest BCUT2D eigenvalue weighted by atomic mass is 35.5. The molecule has 0 unspecified atom stereocenters. The van der Waals surface area contributed by atoms with Crippen LogP contribution in [-0.4, -0.2) is 29.3 Å². The molecule has 0 aliphatic heterocycles. The van der Waals surface area contributed by atoms with Gasteiger partial charge in [-0.05, 0) is 31.2 Å². The van der Waals surface area contributed by atoms with Crippen molar-refractivity contribution in [1.29, 1.82) is 0 Å². The Labute approximate surface area is 182 Å². The standard InChI is InChI=1S/C21H19ClN4O3S/c1-13-18(30-21(24-13)15-5-3-2-4-6-15)20(29)26-25-17(27)11-12-23-19(28)14-7-9-16(22)10-8-14/h2-10H,11-12H2,1H3,(H,23,28)(H,25,27)(H,26,29). The molecule has 0 bridgehead atoms. The molecule has 0 saturated carbocycles. The molecule has 30 heavy (non-hydrogen) atoms. The first-order valence-electron chi connectivity index (χ1n) is 9.10. The fourth-order valence-electron chi connectivity index (χ4n) is 2.55. The number of benzene rings is 2. The highest BCUT2D eigenvalue weighted by molar-refractivity contribution is 7.17. The van der Waals surface area contributed by atoms with Crippen LogP contribution >= 0.6 is 22.9 Å². The van der Waals surface area contributed by atoms with Gasteiger partial charge in [-0.25, -0.2) is 4.98 Å². The Morgan fingerprint density at radius 2 is 1.67 bits per heavy atom. The number of halogens is 1. The number of hydrazine groups is 1. The van der Waals surface area contributed by atoms with E-state index in [2.05, 4.69) is 21.2 Å². The molecule has 154 valence electrons. The van der Waals surface area contributed by atoms with Gasteiger partial charge in [0.05, 0.1) is 5.69 Å². The summed E-state index contributed by atoms with van der Waals surface area (Å²) in [7, 11) is 0. The number of hydrogen-bond donors (Lipinski definition) is 3. The monoisotopic (exact) mass is 442 g/mol. The number of nitrogens with zero attached hydrogens (tertiary/aromatic N) is 1. The van der Waals surface area contributed by atoms with Crippen LogP contribution in [0.25, 0.3) is 10.6 Å². The predicted molar refractivity (Wildman–Crippen MR) is 116 cm³/mol. The number of aryl methyl sites for hydroxylation is 1. The van der Waals surface area contributed by atoms with E-state index in [0.717, 1.165) is 10.6 Å². The minimum atomic E-state index is -0.439. The summed E-state index contributed by atoms with van der Waals surface area (Å²) in [5.74, 6) is -1.17.